The van der Waals surface area contributed by atoms with Crippen molar-refractivity contribution in [3.05, 3.63) is 194 Å². The SMILES string of the molecule is N#Cc1cccc(-c2ccc(-c3cc(-n4c5ccccc5c5c6oc7ccccc7c6ccc54)cc(-n4c5ccccc5c5c6oc7ccccc7c6ccc54)c3)cc2)c1. The van der Waals surface area contributed by atoms with Crippen LogP contribution in [0.5, 0.6) is 0 Å². The molecule has 60 heavy (non-hydrogen) atoms. The predicted octanol–water partition coefficient (Wildman–Crippen LogP) is 14.9. The van der Waals surface area contributed by atoms with Gasteiger partial charge in [-0.25, -0.2) is 0 Å². The highest BCUT2D eigenvalue weighted by Gasteiger charge is 2.22. The van der Waals surface area contributed by atoms with Crippen LogP contribution in [0, 0.1) is 11.3 Å². The van der Waals surface area contributed by atoms with Crippen LogP contribution in [0.2, 0.25) is 0 Å². The van der Waals surface area contributed by atoms with E-state index in [0.717, 1.165) is 121 Å². The van der Waals surface area contributed by atoms with Gasteiger partial charge in [0.2, 0.25) is 0 Å². The van der Waals surface area contributed by atoms with Gasteiger partial charge >= 0.3 is 0 Å². The van der Waals surface area contributed by atoms with E-state index in [0.29, 0.717) is 5.56 Å². The van der Waals surface area contributed by atoms with E-state index in [2.05, 4.69) is 161 Å². The molecule has 0 amide bonds. The molecule has 0 bridgehead atoms. The largest absolute Gasteiger partial charge is 0.455 e. The van der Waals surface area contributed by atoms with Gasteiger partial charge in [-0.05, 0) is 101 Å². The molecule has 0 saturated carbocycles. The lowest BCUT2D eigenvalue weighted by molar-refractivity contribution is 0.672. The topological polar surface area (TPSA) is 59.9 Å². The highest BCUT2D eigenvalue weighted by Crippen LogP contribution is 2.44. The molecule has 0 N–H and O–H groups in total. The minimum Gasteiger partial charge on any atom is -0.455 e. The summed E-state index contributed by atoms with van der Waals surface area (Å²) in [6.07, 6.45) is 0. The molecule has 0 saturated heterocycles. The fourth-order valence-corrected chi connectivity index (χ4v) is 9.67. The summed E-state index contributed by atoms with van der Waals surface area (Å²) < 4.78 is 18.1. The fraction of sp³-hybridized carbons (Fsp3) is 0. The maximum absolute atomic E-state index is 9.58. The Morgan fingerprint density at radius 1 is 0.350 bits per heavy atom. The molecule has 9 aromatic carbocycles. The van der Waals surface area contributed by atoms with E-state index < -0.39 is 0 Å². The van der Waals surface area contributed by atoms with Gasteiger partial charge in [-0.15, -0.1) is 0 Å². The van der Waals surface area contributed by atoms with Gasteiger partial charge in [-0.3, -0.25) is 0 Å². The Morgan fingerprint density at radius 3 is 1.37 bits per heavy atom. The summed E-state index contributed by atoms with van der Waals surface area (Å²) in [6, 6.07) is 68.4. The highest BCUT2D eigenvalue weighted by atomic mass is 16.3. The third kappa shape index (κ3) is 4.61. The van der Waals surface area contributed by atoms with Gasteiger partial charge in [0.1, 0.15) is 22.3 Å². The van der Waals surface area contributed by atoms with Gasteiger partial charge in [0.15, 0.2) is 0 Å². The van der Waals surface area contributed by atoms with Gasteiger partial charge in [-0.1, -0.05) is 109 Å². The van der Waals surface area contributed by atoms with Crippen molar-refractivity contribution in [3.63, 3.8) is 0 Å². The Balaban J connectivity index is 1.11. The number of benzene rings is 9. The predicted molar refractivity (Wildman–Crippen MR) is 245 cm³/mol. The van der Waals surface area contributed by atoms with Gasteiger partial charge in [0.25, 0.3) is 0 Å². The second-order valence-corrected chi connectivity index (χ2v) is 15.6. The lowest BCUT2D eigenvalue weighted by Crippen LogP contribution is -2.00. The maximum atomic E-state index is 9.58. The minimum absolute atomic E-state index is 0.645. The van der Waals surface area contributed by atoms with Crippen molar-refractivity contribution in [1.82, 2.24) is 9.13 Å². The molecule has 278 valence electrons. The number of fused-ring (bicyclic) bond motifs is 14. The lowest BCUT2D eigenvalue weighted by atomic mass is 9.98. The van der Waals surface area contributed by atoms with Gasteiger partial charge in [0, 0.05) is 43.7 Å². The smallest absolute Gasteiger partial charge is 0.145 e. The first-order valence-electron chi connectivity index (χ1n) is 20.1. The first-order valence-corrected chi connectivity index (χ1v) is 20.1. The number of aromatic nitrogens is 2. The molecule has 0 aliphatic heterocycles. The average Bonchev–Trinajstić information content (AvgIpc) is 4.06. The van der Waals surface area contributed by atoms with Crippen molar-refractivity contribution >= 4 is 87.5 Å². The molecule has 0 radical (unpaired) electrons. The van der Waals surface area contributed by atoms with E-state index in [9.17, 15) is 5.26 Å². The molecule has 0 aliphatic rings. The molecule has 0 fully saturated rings. The molecule has 4 heterocycles. The number of rotatable bonds is 4. The van der Waals surface area contributed by atoms with Crippen LogP contribution in [0.3, 0.4) is 0 Å². The van der Waals surface area contributed by atoms with E-state index in [-0.39, 0.29) is 0 Å². The van der Waals surface area contributed by atoms with Crippen LogP contribution in [-0.2, 0) is 0 Å². The van der Waals surface area contributed by atoms with Crippen LogP contribution in [0.4, 0.5) is 0 Å². The summed E-state index contributed by atoms with van der Waals surface area (Å²) in [5, 5.41) is 18.5. The molecule has 5 nitrogen and oxygen atoms in total. The van der Waals surface area contributed by atoms with Crippen LogP contribution < -0.4 is 0 Å². The summed E-state index contributed by atoms with van der Waals surface area (Å²) >= 11 is 0. The van der Waals surface area contributed by atoms with Crippen LogP contribution in [0.25, 0.3) is 121 Å². The molecular formula is C55H31N3O2. The van der Waals surface area contributed by atoms with Crippen molar-refractivity contribution in [2.24, 2.45) is 0 Å². The van der Waals surface area contributed by atoms with E-state index in [1.807, 2.05) is 42.5 Å². The van der Waals surface area contributed by atoms with E-state index in [4.69, 9.17) is 8.83 Å². The molecule has 13 aromatic rings. The fourth-order valence-electron chi connectivity index (χ4n) is 9.67. The molecule has 4 aromatic heterocycles. The number of furan rings is 2. The third-order valence-corrected chi connectivity index (χ3v) is 12.3. The zero-order chi connectivity index (χ0) is 39.5. The van der Waals surface area contributed by atoms with Gasteiger partial charge in [-0.2, -0.15) is 5.26 Å². The van der Waals surface area contributed by atoms with E-state index in [1.165, 1.54) is 0 Å². The number of hydrogen-bond acceptors (Lipinski definition) is 3. The molecule has 5 heteroatoms. The summed E-state index contributed by atoms with van der Waals surface area (Å²) in [7, 11) is 0. The van der Waals surface area contributed by atoms with Gasteiger partial charge in [0.05, 0.1) is 44.5 Å². The molecule has 0 unspecified atom stereocenters. The van der Waals surface area contributed by atoms with Crippen LogP contribution >= 0.6 is 0 Å². The normalized spacial score (nSPS) is 12.0. The molecule has 0 atom stereocenters. The molecule has 13 rings (SSSR count). The number of nitrogens with zero attached hydrogens (tertiary/aromatic N) is 3. The number of hydrogen-bond donors (Lipinski definition) is 0. The average molecular weight is 766 g/mol. The second kappa shape index (κ2) is 12.3. The van der Waals surface area contributed by atoms with Crippen molar-refractivity contribution < 1.29 is 8.83 Å². The van der Waals surface area contributed by atoms with Crippen molar-refractivity contribution in [2.75, 3.05) is 0 Å². The van der Waals surface area contributed by atoms with Crippen LogP contribution in [0.15, 0.2) is 197 Å². The summed E-state index contributed by atoms with van der Waals surface area (Å²) in [5.74, 6) is 0. The molecular weight excluding hydrogens is 735 g/mol. The Morgan fingerprint density at radius 2 is 0.833 bits per heavy atom. The maximum Gasteiger partial charge on any atom is 0.145 e. The highest BCUT2D eigenvalue weighted by molar-refractivity contribution is 6.25. The zero-order valence-corrected chi connectivity index (χ0v) is 32.1. The quantitative estimate of drug-likeness (QED) is 0.179. The molecule has 0 spiro atoms. The molecule has 0 aliphatic carbocycles. The van der Waals surface area contributed by atoms with Crippen molar-refractivity contribution in [3.8, 4) is 39.7 Å². The van der Waals surface area contributed by atoms with Crippen molar-refractivity contribution in [1.29, 1.82) is 5.26 Å². The standard InChI is InChI=1S/C55H31N3O2/c56-32-33-10-9-11-36(28-33)34-20-22-35(23-21-34)37-29-38(57-46-16-5-1-14-44(46)52-48(57)26-24-42-40-12-3-7-18-50(40)59-54(42)52)31-39(30-37)58-47-17-6-2-15-45(47)53-49(58)27-25-43-41-13-4-8-19-51(41)60-55(43)53/h1-31H. The third-order valence-electron chi connectivity index (χ3n) is 12.3. The van der Waals surface area contributed by atoms with Crippen molar-refractivity contribution in [2.45, 2.75) is 0 Å². The number of para-hydroxylation sites is 4. The Kier molecular flexibility index (Phi) is 6.73. The summed E-state index contributed by atoms with van der Waals surface area (Å²) in [6.45, 7) is 0. The van der Waals surface area contributed by atoms with Gasteiger partial charge < -0.3 is 18.0 Å². The Bertz CT molecular complexity index is 3760. The van der Waals surface area contributed by atoms with E-state index in [1.54, 1.807) is 0 Å². The monoisotopic (exact) mass is 765 g/mol. The second-order valence-electron chi connectivity index (χ2n) is 15.6. The lowest BCUT2D eigenvalue weighted by Gasteiger charge is -2.16. The Labute approximate surface area is 342 Å². The summed E-state index contributed by atoms with van der Waals surface area (Å²) in [4.78, 5) is 0. The number of nitriles is 1. The van der Waals surface area contributed by atoms with Crippen LogP contribution in [-0.4, -0.2) is 9.13 Å². The minimum atomic E-state index is 0.645. The first-order chi connectivity index (χ1) is 29.7. The first kappa shape index (κ1) is 32.7. The zero-order valence-electron chi connectivity index (χ0n) is 32.1. The Hall–Kier alpha value is -8.33. The van der Waals surface area contributed by atoms with E-state index >= 15 is 0 Å². The van der Waals surface area contributed by atoms with Crippen LogP contribution in [0.1, 0.15) is 5.56 Å². The summed E-state index contributed by atoms with van der Waals surface area (Å²) in [5.41, 5.74) is 14.8.